The molecule has 1 atom stereocenters. The Morgan fingerprint density at radius 2 is 2.17 bits per heavy atom. The highest BCUT2D eigenvalue weighted by Gasteiger charge is 2.19. The molecule has 3 rings (SSSR count). The largest absolute Gasteiger partial charge is 0.341 e. The summed E-state index contributed by atoms with van der Waals surface area (Å²) < 4.78 is 0. The minimum absolute atomic E-state index is 0.501. The van der Waals surface area contributed by atoms with E-state index in [9.17, 15) is 0 Å². The number of hydrogen-bond donors (Lipinski definition) is 2. The fourth-order valence-corrected chi connectivity index (χ4v) is 2.37. The van der Waals surface area contributed by atoms with Gasteiger partial charge in [0.15, 0.2) is 5.82 Å². The van der Waals surface area contributed by atoms with E-state index in [-0.39, 0.29) is 0 Å². The standard InChI is InChI=1S/C13H17N5/c1-8-6-15-13(16-8)12-5-11(17-9(2)18-12)10-3-4-14-7-10/h5-6,10,14H,3-4,7H2,1-2H3,(H,15,16)/t10-/m1/s1. The second-order valence-electron chi connectivity index (χ2n) is 4.83. The predicted octanol–water partition coefficient (Wildman–Crippen LogP) is 1.56. The summed E-state index contributed by atoms with van der Waals surface area (Å²) in [4.78, 5) is 16.6. The number of aromatic amines is 1. The van der Waals surface area contributed by atoms with Crippen LogP contribution in [-0.4, -0.2) is 33.0 Å². The minimum atomic E-state index is 0.501. The van der Waals surface area contributed by atoms with Gasteiger partial charge in [0.25, 0.3) is 0 Å². The third-order valence-electron chi connectivity index (χ3n) is 3.28. The van der Waals surface area contributed by atoms with Crippen LogP contribution in [0, 0.1) is 13.8 Å². The number of aromatic nitrogens is 4. The van der Waals surface area contributed by atoms with Crippen LogP contribution in [0.3, 0.4) is 0 Å². The number of hydrogen-bond acceptors (Lipinski definition) is 4. The van der Waals surface area contributed by atoms with E-state index in [0.29, 0.717) is 5.92 Å². The highest BCUT2D eigenvalue weighted by atomic mass is 15.0. The fourth-order valence-electron chi connectivity index (χ4n) is 2.37. The summed E-state index contributed by atoms with van der Waals surface area (Å²) in [6, 6.07) is 2.06. The van der Waals surface area contributed by atoms with E-state index in [1.807, 2.05) is 20.0 Å². The summed E-state index contributed by atoms with van der Waals surface area (Å²) in [7, 11) is 0. The van der Waals surface area contributed by atoms with Gasteiger partial charge in [0, 0.05) is 30.0 Å². The Balaban J connectivity index is 1.99. The Bertz CT molecular complexity index is 554. The lowest BCUT2D eigenvalue weighted by Gasteiger charge is -2.09. The van der Waals surface area contributed by atoms with Crippen molar-refractivity contribution in [2.45, 2.75) is 26.2 Å². The molecule has 3 heterocycles. The molecule has 0 radical (unpaired) electrons. The average Bonchev–Trinajstić information content (AvgIpc) is 2.98. The summed E-state index contributed by atoms with van der Waals surface area (Å²) in [5, 5.41) is 3.37. The summed E-state index contributed by atoms with van der Waals surface area (Å²) in [6.07, 6.45) is 2.97. The molecule has 0 bridgehead atoms. The van der Waals surface area contributed by atoms with Crippen molar-refractivity contribution in [2.75, 3.05) is 13.1 Å². The molecule has 0 unspecified atom stereocenters. The van der Waals surface area contributed by atoms with E-state index >= 15 is 0 Å². The van der Waals surface area contributed by atoms with E-state index in [4.69, 9.17) is 0 Å². The zero-order chi connectivity index (χ0) is 12.5. The molecule has 2 aromatic rings. The van der Waals surface area contributed by atoms with Crippen molar-refractivity contribution >= 4 is 0 Å². The molecule has 0 aliphatic carbocycles. The molecular formula is C13H17N5. The van der Waals surface area contributed by atoms with E-state index in [1.165, 1.54) is 0 Å². The second-order valence-corrected chi connectivity index (χ2v) is 4.83. The van der Waals surface area contributed by atoms with E-state index in [0.717, 1.165) is 48.2 Å². The number of nitrogens with one attached hydrogen (secondary N) is 2. The molecule has 94 valence electrons. The number of imidazole rings is 1. The Kier molecular flexibility index (Phi) is 2.83. The molecule has 0 saturated carbocycles. The first-order valence-corrected chi connectivity index (χ1v) is 6.30. The van der Waals surface area contributed by atoms with Crippen molar-refractivity contribution in [1.82, 2.24) is 25.3 Å². The highest BCUT2D eigenvalue weighted by molar-refractivity contribution is 5.50. The summed E-state index contributed by atoms with van der Waals surface area (Å²) >= 11 is 0. The van der Waals surface area contributed by atoms with Gasteiger partial charge in [0.2, 0.25) is 0 Å². The number of rotatable bonds is 2. The predicted molar refractivity (Wildman–Crippen MR) is 69.3 cm³/mol. The molecule has 5 heteroatoms. The Hall–Kier alpha value is -1.75. The lowest BCUT2D eigenvalue weighted by atomic mass is 10.0. The van der Waals surface area contributed by atoms with Gasteiger partial charge in [0.05, 0.1) is 0 Å². The van der Waals surface area contributed by atoms with Gasteiger partial charge in [-0.2, -0.15) is 0 Å². The van der Waals surface area contributed by atoms with E-state index in [1.54, 1.807) is 0 Å². The average molecular weight is 243 g/mol. The molecule has 1 saturated heterocycles. The Labute approximate surface area is 106 Å². The molecule has 18 heavy (non-hydrogen) atoms. The van der Waals surface area contributed by atoms with Crippen molar-refractivity contribution in [3.05, 3.63) is 29.5 Å². The highest BCUT2D eigenvalue weighted by Crippen LogP contribution is 2.23. The van der Waals surface area contributed by atoms with Gasteiger partial charge in [-0.1, -0.05) is 0 Å². The maximum absolute atomic E-state index is 4.56. The lowest BCUT2D eigenvalue weighted by molar-refractivity contribution is 0.725. The van der Waals surface area contributed by atoms with Crippen LogP contribution in [0.15, 0.2) is 12.3 Å². The van der Waals surface area contributed by atoms with Crippen LogP contribution >= 0.6 is 0 Å². The zero-order valence-corrected chi connectivity index (χ0v) is 10.7. The first-order valence-electron chi connectivity index (χ1n) is 6.30. The first-order chi connectivity index (χ1) is 8.72. The van der Waals surface area contributed by atoms with Gasteiger partial charge in [-0.05, 0) is 32.9 Å². The minimum Gasteiger partial charge on any atom is -0.341 e. The van der Waals surface area contributed by atoms with E-state index < -0.39 is 0 Å². The van der Waals surface area contributed by atoms with Gasteiger partial charge >= 0.3 is 0 Å². The normalized spacial score (nSPS) is 19.3. The SMILES string of the molecule is Cc1nc(-c2ncc(C)[nH]2)cc([C@@H]2CCNC2)n1. The van der Waals surface area contributed by atoms with Crippen LogP contribution in [0.5, 0.6) is 0 Å². The van der Waals surface area contributed by atoms with Crippen molar-refractivity contribution in [3.63, 3.8) is 0 Å². The summed E-state index contributed by atoms with van der Waals surface area (Å²) in [6.45, 7) is 6.01. The Morgan fingerprint density at radius 1 is 1.28 bits per heavy atom. The van der Waals surface area contributed by atoms with Crippen LogP contribution in [-0.2, 0) is 0 Å². The molecule has 0 aromatic carbocycles. The molecule has 2 N–H and O–H groups in total. The number of aryl methyl sites for hydroxylation is 2. The lowest BCUT2D eigenvalue weighted by Crippen LogP contribution is -2.10. The van der Waals surface area contributed by atoms with Crippen molar-refractivity contribution < 1.29 is 0 Å². The number of nitrogens with zero attached hydrogens (tertiary/aromatic N) is 3. The topological polar surface area (TPSA) is 66.5 Å². The van der Waals surface area contributed by atoms with Gasteiger partial charge < -0.3 is 10.3 Å². The Morgan fingerprint density at radius 3 is 2.83 bits per heavy atom. The summed E-state index contributed by atoms with van der Waals surface area (Å²) in [5.41, 5.74) is 3.06. The third kappa shape index (κ3) is 2.13. The van der Waals surface area contributed by atoms with Crippen LogP contribution in [0.4, 0.5) is 0 Å². The molecule has 0 amide bonds. The quantitative estimate of drug-likeness (QED) is 0.840. The third-order valence-corrected chi connectivity index (χ3v) is 3.28. The van der Waals surface area contributed by atoms with Crippen LogP contribution < -0.4 is 5.32 Å². The maximum Gasteiger partial charge on any atom is 0.156 e. The molecule has 1 aliphatic rings. The van der Waals surface area contributed by atoms with Crippen LogP contribution in [0.1, 0.15) is 29.6 Å². The van der Waals surface area contributed by atoms with Gasteiger partial charge in [-0.15, -0.1) is 0 Å². The monoisotopic (exact) mass is 243 g/mol. The molecule has 1 aliphatic heterocycles. The van der Waals surface area contributed by atoms with Gasteiger partial charge in [-0.3, -0.25) is 0 Å². The van der Waals surface area contributed by atoms with Crippen molar-refractivity contribution in [3.8, 4) is 11.5 Å². The zero-order valence-electron chi connectivity index (χ0n) is 10.7. The molecule has 0 spiro atoms. The van der Waals surface area contributed by atoms with Crippen molar-refractivity contribution in [1.29, 1.82) is 0 Å². The maximum atomic E-state index is 4.56. The van der Waals surface area contributed by atoms with Gasteiger partial charge in [0.1, 0.15) is 11.5 Å². The molecule has 1 fully saturated rings. The smallest absolute Gasteiger partial charge is 0.156 e. The van der Waals surface area contributed by atoms with Crippen LogP contribution in [0.2, 0.25) is 0 Å². The molecular weight excluding hydrogens is 226 g/mol. The molecule has 2 aromatic heterocycles. The van der Waals surface area contributed by atoms with Crippen LogP contribution in [0.25, 0.3) is 11.5 Å². The fraction of sp³-hybridized carbons (Fsp3) is 0.462. The van der Waals surface area contributed by atoms with Gasteiger partial charge in [-0.25, -0.2) is 15.0 Å². The van der Waals surface area contributed by atoms with Crippen molar-refractivity contribution in [2.24, 2.45) is 0 Å². The van der Waals surface area contributed by atoms with E-state index in [2.05, 4.69) is 31.3 Å². The molecule has 5 nitrogen and oxygen atoms in total. The number of H-pyrrole nitrogens is 1. The second kappa shape index (κ2) is 4.49. The first kappa shape index (κ1) is 11.3. The summed E-state index contributed by atoms with van der Waals surface area (Å²) in [5.74, 6) is 2.13.